The normalized spacial score (nSPS) is 15.8. The Morgan fingerprint density at radius 2 is 1.67 bits per heavy atom. The predicted molar refractivity (Wildman–Crippen MR) is 142 cm³/mol. The number of nitrogens with one attached hydrogen (secondary N) is 2. The number of nitrogens with zero attached hydrogens (tertiary/aromatic N) is 3. The van der Waals surface area contributed by atoms with Crippen LogP contribution in [0.4, 0.5) is 11.5 Å². The lowest BCUT2D eigenvalue weighted by Gasteiger charge is -2.38. The van der Waals surface area contributed by atoms with Crippen molar-refractivity contribution in [3.8, 4) is 0 Å². The molecule has 1 aliphatic heterocycles. The number of hydrogen-bond acceptors (Lipinski definition) is 6. The van der Waals surface area contributed by atoms with E-state index in [2.05, 4.69) is 22.5 Å². The van der Waals surface area contributed by atoms with Gasteiger partial charge in [-0.3, -0.25) is 14.2 Å². The van der Waals surface area contributed by atoms with Gasteiger partial charge in [-0.1, -0.05) is 55.5 Å². The van der Waals surface area contributed by atoms with E-state index in [1.54, 1.807) is 0 Å². The Morgan fingerprint density at radius 3 is 2.33 bits per heavy atom. The van der Waals surface area contributed by atoms with Crippen LogP contribution < -0.4 is 16.2 Å². The second kappa shape index (κ2) is 11.9. The van der Waals surface area contributed by atoms with Crippen LogP contribution >= 0.6 is 0 Å². The first-order valence-electron chi connectivity index (χ1n) is 12.6. The molecule has 4 rings (SSSR count). The van der Waals surface area contributed by atoms with Gasteiger partial charge < -0.3 is 20.6 Å². The molecule has 3 N–H and O–H groups in total. The highest BCUT2D eigenvalue weighted by atomic mass is 16.3. The molecule has 1 atom stereocenters. The summed E-state index contributed by atoms with van der Waals surface area (Å²) in [5, 5.41) is 17.6. The highest BCUT2D eigenvalue weighted by molar-refractivity contribution is 5.77. The minimum Gasteiger partial charge on any atom is -0.388 e. The summed E-state index contributed by atoms with van der Waals surface area (Å²) in [7, 11) is 0. The molecule has 0 aliphatic carbocycles. The van der Waals surface area contributed by atoms with Crippen LogP contribution in [0.3, 0.4) is 0 Å². The first-order valence-corrected chi connectivity index (χ1v) is 12.6. The predicted octanol–water partition coefficient (Wildman–Crippen LogP) is 3.31. The first kappa shape index (κ1) is 25.4. The van der Waals surface area contributed by atoms with Crippen molar-refractivity contribution in [1.82, 2.24) is 14.5 Å². The molecule has 0 bridgehead atoms. The lowest BCUT2D eigenvalue weighted by Crippen LogP contribution is -2.49. The molecule has 2 aromatic carbocycles. The summed E-state index contributed by atoms with van der Waals surface area (Å²) in [5.41, 5.74) is 0.931. The molecular formula is C28H35N5O3. The van der Waals surface area contributed by atoms with E-state index in [4.69, 9.17) is 0 Å². The molecule has 0 spiro atoms. The Balaban J connectivity index is 1.23. The van der Waals surface area contributed by atoms with Gasteiger partial charge in [0.25, 0.3) is 5.56 Å². The number of rotatable bonds is 10. The number of benzene rings is 2. The van der Waals surface area contributed by atoms with Crippen LogP contribution in [0.5, 0.6) is 0 Å². The van der Waals surface area contributed by atoms with Gasteiger partial charge in [-0.15, -0.1) is 0 Å². The van der Waals surface area contributed by atoms with Gasteiger partial charge in [0.1, 0.15) is 5.82 Å². The van der Waals surface area contributed by atoms with E-state index >= 15 is 0 Å². The molecule has 1 saturated heterocycles. The number of carbonyl (C=O) groups excluding carboxylic acids is 1. The summed E-state index contributed by atoms with van der Waals surface area (Å²) in [6, 6.07) is 21.4. The quantitative estimate of drug-likeness (QED) is 0.378. The molecule has 3 aromatic rings. The zero-order valence-electron chi connectivity index (χ0n) is 20.8. The number of aromatic nitrogens is 2. The third kappa shape index (κ3) is 6.95. The second-order valence-corrected chi connectivity index (χ2v) is 9.58. The topological polar surface area (TPSA) is 99.5 Å². The van der Waals surface area contributed by atoms with E-state index in [9.17, 15) is 14.7 Å². The van der Waals surface area contributed by atoms with Crippen molar-refractivity contribution in [1.29, 1.82) is 0 Å². The van der Waals surface area contributed by atoms with E-state index in [-0.39, 0.29) is 23.9 Å². The van der Waals surface area contributed by atoms with Crippen LogP contribution in [-0.4, -0.2) is 57.2 Å². The van der Waals surface area contributed by atoms with Crippen molar-refractivity contribution < 1.29 is 9.90 Å². The molecule has 0 radical (unpaired) electrons. The smallest absolute Gasteiger partial charge is 0.255 e. The van der Waals surface area contributed by atoms with E-state index < -0.39 is 5.60 Å². The zero-order chi connectivity index (χ0) is 25.4. The Bertz CT molecular complexity index is 1170. The third-order valence-electron chi connectivity index (χ3n) is 6.77. The molecular weight excluding hydrogens is 454 g/mol. The number of amides is 1. The van der Waals surface area contributed by atoms with Crippen LogP contribution in [0.15, 0.2) is 77.9 Å². The Hall–Kier alpha value is -3.65. The number of piperidine rings is 1. The van der Waals surface area contributed by atoms with Gasteiger partial charge in [0, 0.05) is 44.4 Å². The minimum absolute atomic E-state index is 0.101. The van der Waals surface area contributed by atoms with Gasteiger partial charge in [-0.25, -0.2) is 4.98 Å². The fourth-order valence-electron chi connectivity index (χ4n) is 4.53. The molecule has 1 aliphatic rings. The summed E-state index contributed by atoms with van der Waals surface area (Å²) in [6.07, 6.45) is 2.78. The van der Waals surface area contributed by atoms with E-state index in [1.165, 1.54) is 17.0 Å². The minimum atomic E-state index is -1.04. The fraction of sp³-hybridized carbons (Fsp3) is 0.393. The highest BCUT2D eigenvalue weighted by Gasteiger charge is 2.34. The fourth-order valence-corrected chi connectivity index (χ4v) is 4.53. The number of anilines is 2. The zero-order valence-corrected chi connectivity index (χ0v) is 20.8. The lowest BCUT2D eigenvalue weighted by atomic mass is 9.90. The number of aliphatic hydroxyl groups is 1. The first-order chi connectivity index (χ1) is 17.4. The molecule has 190 valence electrons. The monoisotopic (exact) mass is 489 g/mol. The molecule has 0 unspecified atom stereocenters. The largest absolute Gasteiger partial charge is 0.388 e. The van der Waals surface area contributed by atoms with Gasteiger partial charge in [-0.2, -0.15) is 0 Å². The summed E-state index contributed by atoms with van der Waals surface area (Å²) in [6.45, 7) is 4.48. The molecule has 0 saturated carbocycles. The Labute approximate surface area is 212 Å². The molecule has 1 fully saturated rings. The van der Waals surface area contributed by atoms with Gasteiger partial charge >= 0.3 is 0 Å². The van der Waals surface area contributed by atoms with E-state index in [0.29, 0.717) is 51.3 Å². The van der Waals surface area contributed by atoms with Crippen LogP contribution in [0.25, 0.3) is 0 Å². The van der Waals surface area contributed by atoms with Crippen molar-refractivity contribution in [3.05, 3.63) is 89.0 Å². The van der Waals surface area contributed by atoms with Crippen molar-refractivity contribution in [2.75, 3.05) is 36.8 Å². The molecule has 2 heterocycles. The molecule has 1 aromatic heterocycles. The summed E-state index contributed by atoms with van der Waals surface area (Å²) >= 11 is 0. The maximum absolute atomic E-state index is 12.8. The molecule has 8 nitrogen and oxygen atoms in total. The van der Waals surface area contributed by atoms with E-state index in [1.807, 2.05) is 65.6 Å². The van der Waals surface area contributed by atoms with E-state index in [0.717, 1.165) is 11.3 Å². The standard InChI is InChI=1S/C28H35N5O3/c1-22(23-8-4-2-5-9-23)18-26(34)32-16-12-28(36,13-17-32)20-33-21-31-25(19-27(33)35)30-15-14-29-24-10-6-3-7-11-24/h2-11,19,21-22,29-30,36H,12-18,20H2,1H3/t22-/m1/s1. The highest BCUT2D eigenvalue weighted by Crippen LogP contribution is 2.26. The van der Waals surface area contributed by atoms with Gasteiger partial charge in [-0.05, 0) is 36.5 Å². The summed E-state index contributed by atoms with van der Waals surface area (Å²) in [5.74, 6) is 0.751. The van der Waals surface area contributed by atoms with Gasteiger partial charge in [0.2, 0.25) is 5.91 Å². The average molecular weight is 490 g/mol. The third-order valence-corrected chi connectivity index (χ3v) is 6.77. The van der Waals surface area contributed by atoms with Crippen molar-refractivity contribution in [3.63, 3.8) is 0 Å². The van der Waals surface area contributed by atoms with Crippen molar-refractivity contribution >= 4 is 17.4 Å². The lowest BCUT2D eigenvalue weighted by molar-refractivity contribution is -0.136. The maximum atomic E-state index is 12.8. The average Bonchev–Trinajstić information content (AvgIpc) is 2.89. The van der Waals surface area contributed by atoms with Crippen molar-refractivity contribution in [2.45, 2.75) is 44.2 Å². The van der Waals surface area contributed by atoms with Crippen LogP contribution in [0.2, 0.25) is 0 Å². The van der Waals surface area contributed by atoms with Gasteiger partial charge in [0.15, 0.2) is 0 Å². The number of para-hydroxylation sites is 1. The molecule has 8 heteroatoms. The number of likely N-dealkylation sites (tertiary alicyclic amines) is 1. The summed E-state index contributed by atoms with van der Waals surface area (Å²) in [4.78, 5) is 31.6. The molecule has 1 amide bonds. The summed E-state index contributed by atoms with van der Waals surface area (Å²) < 4.78 is 1.45. The second-order valence-electron chi connectivity index (χ2n) is 9.58. The Kier molecular flexibility index (Phi) is 8.38. The van der Waals surface area contributed by atoms with Crippen LogP contribution in [-0.2, 0) is 11.3 Å². The van der Waals surface area contributed by atoms with Crippen LogP contribution in [0.1, 0.15) is 37.7 Å². The maximum Gasteiger partial charge on any atom is 0.255 e. The SMILES string of the molecule is C[C@H](CC(=O)N1CCC(O)(Cn2cnc(NCCNc3ccccc3)cc2=O)CC1)c1ccccc1. The van der Waals surface area contributed by atoms with Gasteiger partial charge in [0.05, 0.1) is 18.5 Å². The number of carbonyl (C=O) groups is 1. The van der Waals surface area contributed by atoms with Crippen LogP contribution in [0, 0.1) is 0 Å². The Morgan fingerprint density at radius 1 is 1.03 bits per heavy atom. The van der Waals surface area contributed by atoms with Crippen molar-refractivity contribution in [2.24, 2.45) is 0 Å². The number of hydrogen-bond donors (Lipinski definition) is 3. The molecule has 36 heavy (non-hydrogen) atoms.